The zero-order chi connectivity index (χ0) is 18.3. The van der Waals surface area contributed by atoms with Gasteiger partial charge in [-0.2, -0.15) is 4.31 Å². The Bertz CT molecular complexity index is 787. The quantitative estimate of drug-likeness (QED) is 0.715. The Kier molecular flexibility index (Phi) is 7.04. The van der Waals surface area contributed by atoms with E-state index < -0.39 is 10.0 Å². The highest BCUT2D eigenvalue weighted by Crippen LogP contribution is 2.20. The molecule has 0 aliphatic carbocycles. The van der Waals surface area contributed by atoms with Crippen molar-refractivity contribution in [1.82, 2.24) is 4.31 Å². The third kappa shape index (κ3) is 5.32. The van der Waals surface area contributed by atoms with E-state index in [9.17, 15) is 13.2 Å². The molecule has 0 bridgehead atoms. The second-order valence-corrected chi connectivity index (χ2v) is 8.25. The average Bonchev–Trinajstić information content (AvgIpc) is 2.62. The molecule has 0 saturated carbocycles. The molecule has 7 heteroatoms. The summed E-state index contributed by atoms with van der Waals surface area (Å²) in [5, 5.41) is 2.78. The van der Waals surface area contributed by atoms with Crippen LogP contribution in [0.1, 0.15) is 13.8 Å². The molecule has 2 rings (SSSR count). The molecule has 0 aliphatic rings. The number of carbonyl (C=O) groups is 1. The Hall–Kier alpha value is -1.83. The highest BCUT2D eigenvalue weighted by Gasteiger charge is 2.21. The Morgan fingerprint density at radius 2 is 1.60 bits per heavy atom. The van der Waals surface area contributed by atoms with E-state index in [0.717, 1.165) is 4.90 Å². The second-order valence-electron chi connectivity index (χ2n) is 5.26. The number of hydrogen-bond acceptors (Lipinski definition) is 4. The summed E-state index contributed by atoms with van der Waals surface area (Å²) in [4.78, 5) is 13.3. The zero-order valence-corrected chi connectivity index (χ0v) is 15.9. The van der Waals surface area contributed by atoms with Crippen molar-refractivity contribution in [2.24, 2.45) is 0 Å². The Morgan fingerprint density at radius 3 is 2.16 bits per heavy atom. The van der Waals surface area contributed by atoms with Crippen molar-refractivity contribution in [2.45, 2.75) is 23.6 Å². The summed E-state index contributed by atoms with van der Waals surface area (Å²) in [6.07, 6.45) is 0. The first-order valence-electron chi connectivity index (χ1n) is 8.05. The molecular formula is C18H22N2O3S2. The van der Waals surface area contributed by atoms with E-state index in [4.69, 9.17) is 0 Å². The molecular weight excluding hydrogens is 356 g/mol. The van der Waals surface area contributed by atoms with Crippen molar-refractivity contribution in [3.8, 4) is 0 Å². The lowest BCUT2D eigenvalue weighted by Crippen LogP contribution is -2.30. The van der Waals surface area contributed by atoms with Crippen LogP contribution in [0.15, 0.2) is 64.4 Å². The minimum atomic E-state index is -3.48. The van der Waals surface area contributed by atoms with E-state index in [-0.39, 0.29) is 10.8 Å². The van der Waals surface area contributed by atoms with E-state index in [1.165, 1.54) is 28.2 Å². The lowest BCUT2D eigenvalue weighted by molar-refractivity contribution is -0.113. The molecule has 0 fully saturated rings. The van der Waals surface area contributed by atoms with Gasteiger partial charge in [0, 0.05) is 23.7 Å². The van der Waals surface area contributed by atoms with Crippen LogP contribution in [-0.4, -0.2) is 37.5 Å². The smallest absolute Gasteiger partial charge is 0.243 e. The van der Waals surface area contributed by atoms with Crippen LogP contribution >= 0.6 is 11.8 Å². The van der Waals surface area contributed by atoms with E-state index in [0.29, 0.717) is 24.5 Å². The number of nitrogens with one attached hydrogen (secondary N) is 1. The van der Waals surface area contributed by atoms with Gasteiger partial charge in [-0.25, -0.2) is 8.42 Å². The number of benzene rings is 2. The summed E-state index contributed by atoms with van der Waals surface area (Å²) in [5.41, 5.74) is 0.581. The Balaban J connectivity index is 1.97. The van der Waals surface area contributed by atoms with Gasteiger partial charge >= 0.3 is 0 Å². The maximum absolute atomic E-state index is 12.4. The molecule has 25 heavy (non-hydrogen) atoms. The van der Waals surface area contributed by atoms with Crippen LogP contribution < -0.4 is 5.32 Å². The Labute approximate surface area is 153 Å². The summed E-state index contributed by atoms with van der Waals surface area (Å²) in [6.45, 7) is 4.46. The molecule has 0 atom stereocenters. The lowest BCUT2D eigenvalue weighted by Gasteiger charge is -2.18. The number of thioether (sulfide) groups is 1. The van der Waals surface area contributed by atoms with Gasteiger partial charge in [0.25, 0.3) is 0 Å². The molecule has 0 heterocycles. The molecule has 134 valence electrons. The lowest BCUT2D eigenvalue weighted by atomic mass is 10.3. The van der Waals surface area contributed by atoms with Crippen LogP contribution in [0.4, 0.5) is 5.69 Å². The summed E-state index contributed by atoms with van der Waals surface area (Å²) in [6, 6.07) is 15.9. The van der Waals surface area contributed by atoms with E-state index >= 15 is 0 Å². The number of carbonyl (C=O) groups excluding carboxylic acids is 1. The molecule has 0 aliphatic heterocycles. The van der Waals surface area contributed by atoms with Gasteiger partial charge in [0.15, 0.2) is 0 Å². The summed E-state index contributed by atoms with van der Waals surface area (Å²) in [7, 11) is -3.48. The van der Waals surface area contributed by atoms with Gasteiger partial charge in [-0.05, 0) is 36.4 Å². The van der Waals surface area contributed by atoms with Gasteiger partial charge in [-0.3, -0.25) is 4.79 Å². The predicted octanol–water partition coefficient (Wildman–Crippen LogP) is 3.45. The molecule has 0 unspecified atom stereocenters. The fourth-order valence-corrected chi connectivity index (χ4v) is 4.46. The number of rotatable bonds is 8. The topological polar surface area (TPSA) is 66.5 Å². The SMILES string of the molecule is CCN(CC)S(=O)(=O)c1ccc(NC(=O)CSc2ccccc2)cc1. The largest absolute Gasteiger partial charge is 0.325 e. The first-order valence-corrected chi connectivity index (χ1v) is 10.5. The zero-order valence-electron chi connectivity index (χ0n) is 14.3. The maximum Gasteiger partial charge on any atom is 0.243 e. The predicted molar refractivity (Wildman–Crippen MR) is 102 cm³/mol. The molecule has 1 N–H and O–H groups in total. The molecule has 2 aromatic carbocycles. The summed E-state index contributed by atoms with van der Waals surface area (Å²) >= 11 is 1.45. The number of nitrogens with zero attached hydrogens (tertiary/aromatic N) is 1. The number of sulfonamides is 1. The molecule has 5 nitrogen and oxygen atoms in total. The van der Waals surface area contributed by atoms with Gasteiger partial charge < -0.3 is 5.32 Å². The van der Waals surface area contributed by atoms with Crippen molar-refractivity contribution in [2.75, 3.05) is 24.2 Å². The van der Waals surface area contributed by atoms with Gasteiger partial charge in [0.05, 0.1) is 10.6 Å². The number of anilines is 1. The first kappa shape index (κ1) is 19.5. The molecule has 2 aromatic rings. The van der Waals surface area contributed by atoms with Crippen LogP contribution in [0.3, 0.4) is 0 Å². The third-order valence-corrected chi connectivity index (χ3v) is 6.67. The number of hydrogen-bond donors (Lipinski definition) is 1. The van der Waals surface area contributed by atoms with Crippen molar-refractivity contribution in [3.05, 3.63) is 54.6 Å². The van der Waals surface area contributed by atoms with Crippen LogP contribution in [0.5, 0.6) is 0 Å². The molecule has 0 aromatic heterocycles. The van der Waals surface area contributed by atoms with Gasteiger partial charge in [0.1, 0.15) is 0 Å². The summed E-state index contributed by atoms with van der Waals surface area (Å²) in [5.74, 6) is 0.164. The molecule has 0 saturated heterocycles. The van der Waals surface area contributed by atoms with Gasteiger partial charge in [0.2, 0.25) is 15.9 Å². The average molecular weight is 379 g/mol. The number of amides is 1. The first-order chi connectivity index (χ1) is 12.0. The maximum atomic E-state index is 12.4. The van der Waals surface area contributed by atoms with Crippen molar-refractivity contribution in [1.29, 1.82) is 0 Å². The minimum absolute atomic E-state index is 0.131. The fourth-order valence-electron chi connectivity index (χ4n) is 2.29. The van der Waals surface area contributed by atoms with Crippen molar-refractivity contribution < 1.29 is 13.2 Å². The van der Waals surface area contributed by atoms with Crippen molar-refractivity contribution in [3.63, 3.8) is 0 Å². The van der Waals surface area contributed by atoms with Crippen LogP contribution in [0, 0.1) is 0 Å². The normalized spacial score (nSPS) is 11.5. The molecule has 1 amide bonds. The van der Waals surface area contributed by atoms with Crippen molar-refractivity contribution >= 4 is 33.4 Å². The highest BCUT2D eigenvalue weighted by molar-refractivity contribution is 8.00. The fraction of sp³-hybridized carbons (Fsp3) is 0.278. The monoisotopic (exact) mass is 378 g/mol. The standard InChI is InChI=1S/C18H22N2O3S2/c1-3-20(4-2)25(22,23)17-12-10-15(11-13-17)19-18(21)14-24-16-8-6-5-7-9-16/h5-13H,3-4,14H2,1-2H3,(H,19,21). The third-order valence-electron chi connectivity index (χ3n) is 3.59. The second kappa shape index (κ2) is 9.03. The Morgan fingerprint density at radius 1 is 1.00 bits per heavy atom. The van der Waals surface area contributed by atoms with Crippen LogP contribution in [-0.2, 0) is 14.8 Å². The summed E-state index contributed by atoms with van der Waals surface area (Å²) < 4.78 is 26.2. The van der Waals surface area contributed by atoms with E-state index in [2.05, 4.69) is 5.32 Å². The van der Waals surface area contributed by atoms with Crippen LogP contribution in [0.25, 0.3) is 0 Å². The minimum Gasteiger partial charge on any atom is -0.325 e. The van der Waals surface area contributed by atoms with Crippen LogP contribution in [0.2, 0.25) is 0 Å². The molecule has 0 radical (unpaired) electrons. The van der Waals surface area contributed by atoms with E-state index in [1.54, 1.807) is 26.0 Å². The van der Waals surface area contributed by atoms with E-state index in [1.807, 2.05) is 30.3 Å². The van der Waals surface area contributed by atoms with Gasteiger partial charge in [-0.15, -0.1) is 11.8 Å². The van der Waals surface area contributed by atoms with Gasteiger partial charge in [-0.1, -0.05) is 32.0 Å². The highest BCUT2D eigenvalue weighted by atomic mass is 32.2. The molecule has 0 spiro atoms.